The molecular formula is C23H20ClN3S. The van der Waals surface area contributed by atoms with Crippen molar-refractivity contribution in [3.05, 3.63) is 94.9 Å². The fourth-order valence-electron chi connectivity index (χ4n) is 3.03. The number of halogens is 1. The van der Waals surface area contributed by atoms with E-state index in [2.05, 4.69) is 47.8 Å². The van der Waals surface area contributed by atoms with E-state index < -0.39 is 0 Å². The van der Waals surface area contributed by atoms with Crippen molar-refractivity contribution in [3.63, 3.8) is 0 Å². The Bertz CT molecular complexity index is 1090. The van der Waals surface area contributed by atoms with E-state index >= 15 is 0 Å². The van der Waals surface area contributed by atoms with Crippen LogP contribution in [0.5, 0.6) is 0 Å². The molecular weight excluding hydrogens is 386 g/mol. The first-order chi connectivity index (χ1) is 13.6. The van der Waals surface area contributed by atoms with E-state index in [1.165, 1.54) is 11.1 Å². The Hall–Kier alpha value is -2.56. The van der Waals surface area contributed by atoms with E-state index in [1.54, 1.807) is 11.8 Å². The Morgan fingerprint density at radius 1 is 1.00 bits per heavy atom. The molecule has 5 heteroatoms. The van der Waals surface area contributed by atoms with Crippen LogP contribution < -0.4 is 0 Å². The highest BCUT2D eigenvalue weighted by atomic mass is 35.5. The average Bonchev–Trinajstić information content (AvgIpc) is 3.13. The van der Waals surface area contributed by atoms with Gasteiger partial charge in [0, 0.05) is 34.4 Å². The second kappa shape index (κ2) is 8.21. The lowest BCUT2D eigenvalue weighted by atomic mass is 10.2. The number of benzene rings is 2. The van der Waals surface area contributed by atoms with Gasteiger partial charge in [0.25, 0.3) is 0 Å². The lowest BCUT2D eigenvalue weighted by Gasteiger charge is -2.08. The third kappa shape index (κ3) is 4.13. The van der Waals surface area contributed by atoms with E-state index in [9.17, 15) is 0 Å². The van der Waals surface area contributed by atoms with Gasteiger partial charge in [-0.1, -0.05) is 59.8 Å². The number of hydrogen-bond donors (Lipinski definition) is 0. The van der Waals surface area contributed by atoms with Gasteiger partial charge in [0.15, 0.2) is 5.16 Å². The van der Waals surface area contributed by atoms with E-state index in [1.807, 2.05) is 48.7 Å². The Labute approximate surface area is 174 Å². The fraction of sp³-hybridized carbons (Fsp3) is 0.130. The van der Waals surface area contributed by atoms with Crippen LogP contribution in [-0.4, -0.2) is 14.5 Å². The van der Waals surface area contributed by atoms with Crippen LogP contribution in [0.4, 0.5) is 0 Å². The second-order valence-electron chi connectivity index (χ2n) is 6.69. The summed E-state index contributed by atoms with van der Waals surface area (Å²) in [5.74, 6) is 0.769. The summed E-state index contributed by atoms with van der Waals surface area (Å²) >= 11 is 7.76. The third-order valence-corrected chi connectivity index (χ3v) is 5.73. The van der Waals surface area contributed by atoms with Gasteiger partial charge in [-0.05, 0) is 49.2 Å². The molecule has 2 heterocycles. The Balaban J connectivity index is 1.69. The van der Waals surface area contributed by atoms with Gasteiger partial charge >= 0.3 is 0 Å². The van der Waals surface area contributed by atoms with E-state index in [-0.39, 0.29) is 0 Å². The molecule has 0 amide bonds. The number of thioether (sulfide) groups is 1. The molecule has 2 aromatic heterocycles. The van der Waals surface area contributed by atoms with Crippen LogP contribution in [0, 0.1) is 13.8 Å². The molecule has 2 aromatic carbocycles. The van der Waals surface area contributed by atoms with Crippen molar-refractivity contribution < 1.29 is 0 Å². The first kappa shape index (κ1) is 18.8. The maximum atomic E-state index is 6.07. The monoisotopic (exact) mass is 405 g/mol. The highest BCUT2D eigenvalue weighted by molar-refractivity contribution is 7.98. The van der Waals surface area contributed by atoms with Gasteiger partial charge in [0.05, 0.1) is 11.4 Å². The molecule has 0 atom stereocenters. The molecule has 0 spiro atoms. The minimum absolute atomic E-state index is 0.723. The lowest BCUT2D eigenvalue weighted by molar-refractivity contribution is 0.894. The summed E-state index contributed by atoms with van der Waals surface area (Å²) in [5, 5.41) is 1.66. The molecule has 0 fully saturated rings. The lowest BCUT2D eigenvalue weighted by Crippen LogP contribution is -1.97. The van der Waals surface area contributed by atoms with E-state index in [4.69, 9.17) is 16.6 Å². The summed E-state index contributed by atoms with van der Waals surface area (Å²) in [7, 11) is 0. The van der Waals surface area contributed by atoms with Gasteiger partial charge in [-0.2, -0.15) is 0 Å². The van der Waals surface area contributed by atoms with Crippen LogP contribution >= 0.6 is 23.4 Å². The molecule has 0 unspecified atom stereocenters. The number of aromatic nitrogens is 3. The Kier molecular flexibility index (Phi) is 5.51. The van der Waals surface area contributed by atoms with Crippen molar-refractivity contribution in [2.45, 2.75) is 24.8 Å². The summed E-state index contributed by atoms with van der Waals surface area (Å²) in [6.45, 7) is 4.17. The van der Waals surface area contributed by atoms with Crippen molar-refractivity contribution in [1.29, 1.82) is 0 Å². The maximum Gasteiger partial charge on any atom is 0.173 e. The van der Waals surface area contributed by atoms with Crippen LogP contribution in [-0.2, 0) is 5.75 Å². The minimum atomic E-state index is 0.723. The van der Waals surface area contributed by atoms with Gasteiger partial charge in [-0.3, -0.25) is 9.55 Å². The molecule has 0 aliphatic heterocycles. The predicted octanol–water partition coefficient (Wildman–Crippen LogP) is 6.50. The van der Waals surface area contributed by atoms with Gasteiger partial charge in [0.2, 0.25) is 0 Å². The smallest absolute Gasteiger partial charge is 0.173 e. The number of imidazole rings is 1. The van der Waals surface area contributed by atoms with Crippen molar-refractivity contribution in [1.82, 2.24) is 14.5 Å². The van der Waals surface area contributed by atoms with Crippen molar-refractivity contribution in [2.75, 3.05) is 0 Å². The van der Waals surface area contributed by atoms with Crippen molar-refractivity contribution >= 4 is 23.4 Å². The highest BCUT2D eigenvalue weighted by Crippen LogP contribution is 2.30. The van der Waals surface area contributed by atoms with Crippen LogP contribution in [0.25, 0.3) is 16.9 Å². The van der Waals surface area contributed by atoms with Gasteiger partial charge in [0.1, 0.15) is 0 Å². The molecule has 3 nitrogen and oxygen atoms in total. The number of rotatable bonds is 5. The van der Waals surface area contributed by atoms with Crippen LogP contribution in [0.2, 0.25) is 5.02 Å². The zero-order valence-electron chi connectivity index (χ0n) is 15.8. The molecule has 0 saturated carbocycles. The maximum absolute atomic E-state index is 6.07. The first-order valence-electron chi connectivity index (χ1n) is 9.06. The molecule has 4 aromatic rings. The zero-order chi connectivity index (χ0) is 19.5. The van der Waals surface area contributed by atoms with Gasteiger partial charge in [-0.25, -0.2) is 4.98 Å². The number of hydrogen-bond acceptors (Lipinski definition) is 3. The number of aryl methyl sites for hydroxylation is 2. The summed E-state index contributed by atoms with van der Waals surface area (Å²) < 4.78 is 2.12. The Morgan fingerprint density at radius 3 is 2.46 bits per heavy atom. The van der Waals surface area contributed by atoms with Crippen LogP contribution in [0.3, 0.4) is 0 Å². The Morgan fingerprint density at radius 2 is 1.75 bits per heavy atom. The summed E-state index contributed by atoms with van der Waals surface area (Å²) in [4.78, 5) is 9.50. The van der Waals surface area contributed by atoms with Crippen molar-refractivity contribution in [2.24, 2.45) is 0 Å². The van der Waals surface area contributed by atoms with Crippen LogP contribution in [0.15, 0.2) is 78.2 Å². The van der Waals surface area contributed by atoms with E-state index in [0.29, 0.717) is 0 Å². The molecule has 0 radical (unpaired) electrons. The van der Waals surface area contributed by atoms with Gasteiger partial charge < -0.3 is 0 Å². The van der Waals surface area contributed by atoms with Crippen LogP contribution in [0.1, 0.15) is 16.8 Å². The zero-order valence-corrected chi connectivity index (χ0v) is 17.3. The normalized spacial score (nSPS) is 11.0. The number of nitrogens with zero attached hydrogens (tertiary/aromatic N) is 3. The average molecular weight is 406 g/mol. The summed E-state index contributed by atoms with van der Waals surface area (Å²) in [5.41, 5.74) is 6.56. The first-order valence-corrected chi connectivity index (χ1v) is 10.4. The molecule has 0 aliphatic rings. The molecule has 4 rings (SSSR count). The number of pyridine rings is 1. The standard InChI is InChI=1S/C23H20ClN3S/c1-16-12-17(2)22(25-13-16)15-28-23-26-21(18-6-4-3-5-7-18)14-27(23)20-10-8-19(24)9-11-20/h3-14H,15H2,1-2H3. The molecule has 140 valence electrons. The largest absolute Gasteiger partial charge is 0.294 e. The van der Waals surface area contributed by atoms with E-state index in [0.717, 1.165) is 38.6 Å². The third-order valence-electron chi connectivity index (χ3n) is 4.51. The molecule has 0 saturated heterocycles. The fourth-order valence-corrected chi connectivity index (χ4v) is 4.18. The second-order valence-corrected chi connectivity index (χ2v) is 8.07. The topological polar surface area (TPSA) is 30.7 Å². The summed E-state index contributed by atoms with van der Waals surface area (Å²) in [6, 6.07) is 20.2. The predicted molar refractivity (Wildman–Crippen MR) is 117 cm³/mol. The quantitative estimate of drug-likeness (QED) is 0.355. The van der Waals surface area contributed by atoms with Gasteiger partial charge in [-0.15, -0.1) is 0 Å². The molecule has 0 bridgehead atoms. The molecule has 0 N–H and O–H groups in total. The molecule has 0 aliphatic carbocycles. The summed E-state index contributed by atoms with van der Waals surface area (Å²) in [6.07, 6.45) is 4.00. The molecule has 28 heavy (non-hydrogen) atoms. The van der Waals surface area contributed by atoms with Crippen molar-refractivity contribution in [3.8, 4) is 16.9 Å². The minimum Gasteiger partial charge on any atom is -0.294 e. The SMILES string of the molecule is Cc1cnc(CSc2nc(-c3ccccc3)cn2-c2ccc(Cl)cc2)c(C)c1. The highest BCUT2D eigenvalue weighted by Gasteiger charge is 2.13.